The summed E-state index contributed by atoms with van der Waals surface area (Å²) in [4.78, 5) is 0. The summed E-state index contributed by atoms with van der Waals surface area (Å²) in [6.45, 7) is 0.691. The monoisotopic (exact) mass is 339 g/mol. The van der Waals surface area contributed by atoms with Crippen LogP contribution in [0.3, 0.4) is 0 Å². The zero-order valence-corrected chi connectivity index (χ0v) is 13.0. The van der Waals surface area contributed by atoms with Crippen LogP contribution in [-0.4, -0.2) is 7.11 Å². The Morgan fingerprint density at radius 3 is 2.68 bits per heavy atom. The summed E-state index contributed by atoms with van der Waals surface area (Å²) in [5.41, 5.74) is 3.25. The van der Waals surface area contributed by atoms with Crippen LogP contribution in [0.5, 0.6) is 5.75 Å². The smallest absolute Gasteiger partial charge is 0.123 e. The molecule has 2 aromatic rings. The van der Waals surface area contributed by atoms with Gasteiger partial charge in [0.05, 0.1) is 7.11 Å². The second kappa shape index (κ2) is 6.83. The first-order chi connectivity index (χ1) is 9.24. The van der Waals surface area contributed by atoms with E-state index in [9.17, 15) is 0 Å². The van der Waals surface area contributed by atoms with Crippen LogP contribution in [0, 0.1) is 0 Å². The first kappa shape index (κ1) is 14.2. The molecule has 2 aromatic carbocycles. The number of methoxy groups -OCH3 is 1. The van der Waals surface area contributed by atoms with Crippen molar-refractivity contribution in [1.82, 2.24) is 0 Å². The molecule has 0 fully saturated rings. The molecule has 0 radical (unpaired) electrons. The highest BCUT2D eigenvalue weighted by Gasteiger charge is 2.05. The summed E-state index contributed by atoms with van der Waals surface area (Å²) < 4.78 is 6.40. The van der Waals surface area contributed by atoms with Crippen LogP contribution in [-0.2, 0) is 12.4 Å². The van der Waals surface area contributed by atoms with Crippen molar-refractivity contribution in [2.75, 3.05) is 12.4 Å². The second-order valence-electron chi connectivity index (χ2n) is 4.10. The molecule has 2 nitrogen and oxygen atoms in total. The fourth-order valence-electron chi connectivity index (χ4n) is 1.89. The standard InChI is InChI=1S/C15H15BrClNO/c1-19-15-7-6-13(16)8-12(15)10-18-14-5-3-2-4-11(14)9-17/h2-8,18H,9-10H2,1H3. The number of ether oxygens (including phenoxy) is 1. The summed E-state index contributed by atoms with van der Waals surface area (Å²) >= 11 is 9.40. The van der Waals surface area contributed by atoms with Gasteiger partial charge in [0.25, 0.3) is 0 Å². The highest BCUT2D eigenvalue weighted by molar-refractivity contribution is 9.10. The van der Waals surface area contributed by atoms with Gasteiger partial charge < -0.3 is 10.1 Å². The Labute approximate surface area is 126 Å². The van der Waals surface area contributed by atoms with E-state index in [1.54, 1.807) is 7.11 Å². The molecule has 0 amide bonds. The molecule has 19 heavy (non-hydrogen) atoms. The number of hydrogen-bond donors (Lipinski definition) is 1. The lowest BCUT2D eigenvalue weighted by molar-refractivity contribution is 0.410. The molecule has 0 aliphatic carbocycles. The molecule has 0 atom stereocenters. The third-order valence-electron chi connectivity index (χ3n) is 2.87. The maximum absolute atomic E-state index is 5.93. The highest BCUT2D eigenvalue weighted by Crippen LogP contribution is 2.25. The Morgan fingerprint density at radius 2 is 1.95 bits per heavy atom. The van der Waals surface area contributed by atoms with Crippen molar-refractivity contribution in [2.45, 2.75) is 12.4 Å². The van der Waals surface area contributed by atoms with Crippen LogP contribution in [0.1, 0.15) is 11.1 Å². The highest BCUT2D eigenvalue weighted by atomic mass is 79.9. The Hall–Kier alpha value is -1.19. The lowest BCUT2D eigenvalue weighted by Crippen LogP contribution is -2.03. The molecule has 100 valence electrons. The average Bonchev–Trinajstić information content (AvgIpc) is 2.45. The Morgan fingerprint density at radius 1 is 1.16 bits per heavy atom. The zero-order chi connectivity index (χ0) is 13.7. The quantitative estimate of drug-likeness (QED) is 0.789. The maximum atomic E-state index is 5.93. The largest absolute Gasteiger partial charge is 0.496 e. The van der Waals surface area contributed by atoms with Gasteiger partial charge in [0.2, 0.25) is 0 Å². The van der Waals surface area contributed by atoms with Crippen LogP contribution >= 0.6 is 27.5 Å². The molecular formula is C15H15BrClNO. The van der Waals surface area contributed by atoms with E-state index in [4.69, 9.17) is 16.3 Å². The lowest BCUT2D eigenvalue weighted by atomic mass is 10.1. The van der Waals surface area contributed by atoms with Crippen molar-refractivity contribution in [3.8, 4) is 5.75 Å². The summed E-state index contributed by atoms with van der Waals surface area (Å²) in [6, 6.07) is 14.0. The molecule has 0 aliphatic rings. The van der Waals surface area contributed by atoms with Gasteiger partial charge in [0.15, 0.2) is 0 Å². The number of hydrogen-bond acceptors (Lipinski definition) is 2. The normalized spacial score (nSPS) is 10.3. The van der Waals surface area contributed by atoms with Crippen LogP contribution in [0.25, 0.3) is 0 Å². The summed E-state index contributed by atoms with van der Waals surface area (Å²) in [5, 5.41) is 3.40. The lowest BCUT2D eigenvalue weighted by Gasteiger charge is -2.13. The minimum Gasteiger partial charge on any atom is -0.496 e. The summed E-state index contributed by atoms with van der Waals surface area (Å²) in [7, 11) is 1.68. The Balaban J connectivity index is 2.16. The number of alkyl halides is 1. The van der Waals surface area contributed by atoms with Gasteiger partial charge in [-0.15, -0.1) is 11.6 Å². The molecule has 0 aliphatic heterocycles. The molecular weight excluding hydrogens is 326 g/mol. The van der Waals surface area contributed by atoms with Gasteiger partial charge in [-0.05, 0) is 29.8 Å². The third-order valence-corrected chi connectivity index (χ3v) is 3.65. The SMILES string of the molecule is COc1ccc(Br)cc1CNc1ccccc1CCl. The fourth-order valence-corrected chi connectivity index (χ4v) is 2.53. The van der Waals surface area contributed by atoms with E-state index in [1.165, 1.54) is 0 Å². The number of nitrogens with one attached hydrogen (secondary N) is 1. The topological polar surface area (TPSA) is 21.3 Å². The summed E-state index contributed by atoms with van der Waals surface area (Å²) in [6.07, 6.45) is 0. The molecule has 4 heteroatoms. The Bertz CT molecular complexity index is 560. The van der Waals surface area contributed by atoms with Crippen molar-refractivity contribution in [3.63, 3.8) is 0 Å². The van der Waals surface area contributed by atoms with Gasteiger partial charge in [-0.3, -0.25) is 0 Å². The Kier molecular flexibility index (Phi) is 5.11. The summed E-state index contributed by atoms with van der Waals surface area (Å²) in [5.74, 6) is 1.37. The van der Waals surface area contributed by atoms with Gasteiger partial charge >= 0.3 is 0 Å². The first-order valence-electron chi connectivity index (χ1n) is 5.94. The van der Waals surface area contributed by atoms with E-state index >= 15 is 0 Å². The zero-order valence-electron chi connectivity index (χ0n) is 10.6. The molecule has 0 heterocycles. The average molecular weight is 341 g/mol. The first-order valence-corrected chi connectivity index (χ1v) is 7.27. The molecule has 0 saturated heterocycles. The third kappa shape index (κ3) is 3.64. The molecule has 0 bridgehead atoms. The van der Waals surface area contributed by atoms with Crippen LogP contribution in [0.15, 0.2) is 46.9 Å². The van der Waals surface area contributed by atoms with Gasteiger partial charge in [0.1, 0.15) is 5.75 Å². The predicted octanol–water partition coefficient (Wildman–Crippen LogP) is 4.81. The van der Waals surface area contributed by atoms with Crippen LogP contribution in [0.4, 0.5) is 5.69 Å². The van der Waals surface area contributed by atoms with E-state index < -0.39 is 0 Å². The minimum atomic E-state index is 0.499. The fraction of sp³-hybridized carbons (Fsp3) is 0.200. The molecule has 2 rings (SSSR count). The molecule has 0 unspecified atom stereocenters. The van der Waals surface area contributed by atoms with Gasteiger partial charge in [-0.1, -0.05) is 34.1 Å². The predicted molar refractivity (Wildman–Crippen MR) is 84.0 cm³/mol. The molecule has 0 spiro atoms. The van der Waals surface area contributed by atoms with Crippen molar-refractivity contribution in [2.24, 2.45) is 0 Å². The number of halogens is 2. The van der Waals surface area contributed by atoms with Crippen molar-refractivity contribution < 1.29 is 4.74 Å². The van der Waals surface area contributed by atoms with E-state index in [0.717, 1.165) is 27.0 Å². The second-order valence-corrected chi connectivity index (χ2v) is 5.28. The van der Waals surface area contributed by atoms with Crippen LogP contribution < -0.4 is 10.1 Å². The minimum absolute atomic E-state index is 0.499. The van der Waals surface area contributed by atoms with Gasteiger partial charge in [0, 0.05) is 28.1 Å². The van der Waals surface area contributed by atoms with Gasteiger partial charge in [-0.25, -0.2) is 0 Å². The van der Waals surface area contributed by atoms with E-state index in [0.29, 0.717) is 12.4 Å². The molecule has 0 saturated carbocycles. The number of anilines is 1. The molecule has 1 N–H and O–H groups in total. The van der Waals surface area contributed by atoms with Crippen molar-refractivity contribution in [3.05, 3.63) is 58.1 Å². The maximum Gasteiger partial charge on any atom is 0.123 e. The van der Waals surface area contributed by atoms with E-state index in [2.05, 4.69) is 27.3 Å². The number of para-hydroxylation sites is 1. The number of rotatable bonds is 5. The van der Waals surface area contributed by atoms with Crippen molar-refractivity contribution >= 4 is 33.2 Å². The number of benzene rings is 2. The van der Waals surface area contributed by atoms with Crippen LogP contribution in [0.2, 0.25) is 0 Å². The van der Waals surface area contributed by atoms with E-state index in [-0.39, 0.29) is 0 Å². The molecule has 0 aromatic heterocycles. The van der Waals surface area contributed by atoms with Gasteiger partial charge in [-0.2, -0.15) is 0 Å². The van der Waals surface area contributed by atoms with E-state index in [1.807, 2.05) is 36.4 Å². The van der Waals surface area contributed by atoms with Crippen molar-refractivity contribution in [1.29, 1.82) is 0 Å².